The number of anilines is 1. The first-order valence-electron chi connectivity index (χ1n) is 13.0. The van der Waals surface area contributed by atoms with Gasteiger partial charge in [0.05, 0.1) is 37.6 Å². The standard InChI is InChI=1S/C29H32N4O3/c34-27(32-14-16-36-17-15-32)18-23(24-19-30-25-10-4-2-8-21(24)25)28-22-9-3-5-11-26(22)33(29(28)35)20-31-12-6-1-7-13-31/h2-5,8-11,19,30H,1,6-7,12-18,20H2. The van der Waals surface area contributed by atoms with E-state index in [0.717, 1.165) is 46.4 Å². The topological polar surface area (TPSA) is 68.9 Å². The first-order chi connectivity index (χ1) is 17.7. The Morgan fingerprint density at radius 3 is 2.50 bits per heavy atom. The Hall–Kier alpha value is -3.42. The second kappa shape index (κ2) is 9.91. The van der Waals surface area contributed by atoms with Crippen LogP contribution < -0.4 is 4.90 Å². The highest BCUT2D eigenvalue weighted by Gasteiger charge is 2.37. The molecule has 7 nitrogen and oxygen atoms in total. The highest BCUT2D eigenvalue weighted by molar-refractivity contribution is 6.38. The molecular formula is C29H32N4O3. The molecule has 0 saturated carbocycles. The van der Waals surface area contributed by atoms with E-state index in [4.69, 9.17) is 4.74 Å². The zero-order valence-corrected chi connectivity index (χ0v) is 20.5. The molecule has 0 radical (unpaired) electrons. The van der Waals surface area contributed by atoms with Crippen LogP contribution >= 0.6 is 0 Å². The molecule has 2 aromatic carbocycles. The number of ether oxygens (including phenoxy) is 1. The van der Waals surface area contributed by atoms with Crippen molar-refractivity contribution in [1.29, 1.82) is 0 Å². The van der Waals surface area contributed by atoms with Crippen molar-refractivity contribution < 1.29 is 14.3 Å². The van der Waals surface area contributed by atoms with Crippen molar-refractivity contribution in [2.45, 2.75) is 25.7 Å². The van der Waals surface area contributed by atoms with Crippen LogP contribution in [-0.2, 0) is 14.3 Å². The summed E-state index contributed by atoms with van der Waals surface area (Å²) in [6.07, 6.45) is 5.71. The lowest BCUT2D eigenvalue weighted by Crippen LogP contribution is -2.42. The molecule has 0 atom stereocenters. The van der Waals surface area contributed by atoms with E-state index in [-0.39, 0.29) is 18.2 Å². The molecule has 2 fully saturated rings. The predicted molar refractivity (Wildman–Crippen MR) is 141 cm³/mol. The number of H-pyrrole nitrogens is 1. The van der Waals surface area contributed by atoms with Gasteiger partial charge in [0, 0.05) is 41.3 Å². The molecule has 0 aliphatic carbocycles. The molecular weight excluding hydrogens is 452 g/mol. The maximum atomic E-state index is 14.2. The molecule has 1 aromatic heterocycles. The average Bonchev–Trinajstić information content (AvgIpc) is 3.48. The number of aromatic nitrogens is 1. The van der Waals surface area contributed by atoms with Crippen molar-refractivity contribution in [2.75, 3.05) is 51.0 Å². The highest BCUT2D eigenvalue weighted by atomic mass is 16.5. The van der Waals surface area contributed by atoms with Gasteiger partial charge in [0.2, 0.25) is 5.91 Å². The van der Waals surface area contributed by atoms with E-state index in [1.165, 1.54) is 19.3 Å². The predicted octanol–water partition coefficient (Wildman–Crippen LogP) is 4.12. The number of aromatic amines is 1. The molecule has 2 amide bonds. The summed E-state index contributed by atoms with van der Waals surface area (Å²) in [5, 5.41) is 1.02. The largest absolute Gasteiger partial charge is 0.378 e. The van der Waals surface area contributed by atoms with Crippen molar-refractivity contribution in [1.82, 2.24) is 14.8 Å². The van der Waals surface area contributed by atoms with E-state index < -0.39 is 0 Å². The van der Waals surface area contributed by atoms with E-state index in [9.17, 15) is 9.59 Å². The Morgan fingerprint density at radius 2 is 1.67 bits per heavy atom. The Balaban J connectivity index is 1.46. The van der Waals surface area contributed by atoms with Gasteiger partial charge in [-0.1, -0.05) is 42.8 Å². The lowest BCUT2D eigenvalue weighted by molar-refractivity contribution is -0.134. The van der Waals surface area contributed by atoms with E-state index in [1.54, 1.807) is 0 Å². The molecule has 3 aliphatic rings. The van der Waals surface area contributed by atoms with Crippen molar-refractivity contribution in [3.05, 3.63) is 65.9 Å². The summed E-state index contributed by atoms with van der Waals surface area (Å²) in [6, 6.07) is 16.1. The fourth-order valence-electron chi connectivity index (χ4n) is 5.73. The molecule has 0 spiro atoms. The summed E-state index contributed by atoms with van der Waals surface area (Å²) >= 11 is 0. The summed E-state index contributed by atoms with van der Waals surface area (Å²) in [5.74, 6) is 0.0164. The molecule has 1 N–H and O–H groups in total. The number of hydrogen-bond donors (Lipinski definition) is 1. The van der Waals surface area contributed by atoms with Crippen LogP contribution in [0.25, 0.3) is 22.0 Å². The van der Waals surface area contributed by atoms with Crippen molar-refractivity contribution >= 4 is 39.6 Å². The minimum absolute atomic E-state index is 0.0168. The van der Waals surface area contributed by atoms with Crippen LogP contribution in [0, 0.1) is 0 Å². The molecule has 7 heteroatoms. The van der Waals surface area contributed by atoms with Crippen LogP contribution in [0.15, 0.2) is 54.7 Å². The minimum Gasteiger partial charge on any atom is -0.378 e. The molecule has 0 unspecified atom stereocenters. The lowest BCUT2D eigenvalue weighted by Gasteiger charge is -2.31. The van der Waals surface area contributed by atoms with Gasteiger partial charge in [-0.3, -0.25) is 19.4 Å². The van der Waals surface area contributed by atoms with Gasteiger partial charge >= 0.3 is 0 Å². The van der Waals surface area contributed by atoms with E-state index in [0.29, 0.717) is 38.5 Å². The third-order valence-electron chi connectivity index (χ3n) is 7.62. The number of morpholine rings is 1. The fraction of sp³-hybridized carbons (Fsp3) is 0.379. The fourth-order valence-corrected chi connectivity index (χ4v) is 5.73. The number of carbonyl (C=O) groups is 2. The molecule has 3 aliphatic heterocycles. The highest BCUT2D eigenvalue weighted by Crippen LogP contribution is 2.43. The van der Waals surface area contributed by atoms with Gasteiger partial charge in [-0.2, -0.15) is 0 Å². The summed E-state index contributed by atoms with van der Waals surface area (Å²) in [5.41, 5.74) is 5.20. The Kier molecular flexibility index (Phi) is 6.34. The van der Waals surface area contributed by atoms with Crippen LogP contribution in [0.2, 0.25) is 0 Å². The van der Waals surface area contributed by atoms with Crippen LogP contribution in [0.5, 0.6) is 0 Å². The first-order valence-corrected chi connectivity index (χ1v) is 13.0. The number of fused-ring (bicyclic) bond motifs is 2. The van der Waals surface area contributed by atoms with Gasteiger partial charge in [-0.15, -0.1) is 0 Å². The summed E-state index contributed by atoms with van der Waals surface area (Å²) in [6.45, 7) is 4.87. The normalized spacial score (nSPS) is 20.2. The molecule has 4 heterocycles. The quantitative estimate of drug-likeness (QED) is 0.554. The number of nitrogens with one attached hydrogen (secondary N) is 1. The average molecular weight is 485 g/mol. The molecule has 0 bridgehead atoms. The maximum absolute atomic E-state index is 14.2. The van der Waals surface area contributed by atoms with Gasteiger partial charge in [0.15, 0.2) is 0 Å². The molecule has 2 saturated heterocycles. The SMILES string of the molecule is O=C(CC(=C1C(=O)N(CN2CCCCC2)c2ccccc21)c1c[nH]c2ccccc12)N1CCOCC1. The van der Waals surface area contributed by atoms with Crippen LogP contribution in [-0.4, -0.2) is 72.7 Å². The maximum Gasteiger partial charge on any atom is 0.260 e. The second-order valence-electron chi connectivity index (χ2n) is 9.84. The zero-order chi connectivity index (χ0) is 24.5. The van der Waals surface area contributed by atoms with Crippen LogP contribution in [0.1, 0.15) is 36.8 Å². The zero-order valence-electron chi connectivity index (χ0n) is 20.5. The third-order valence-corrected chi connectivity index (χ3v) is 7.62. The number of carbonyl (C=O) groups excluding carboxylic acids is 2. The minimum atomic E-state index is -0.0168. The third kappa shape index (κ3) is 4.22. The van der Waals surface area contributed by atoms with Gasteiger partial charge < -0.3 is 14.6 Å². The summed E-state index contributed by atoms with van der Waals surface area (Å²) in [7, 11) is 0. The Morgan fingerprint density at radius 1 is 0.917 bits per heavy atom. The smallest absolute Gasteiger partial charge is 0.260 e. The van der Waals surface area contributed by atoms with Crippen molar-refractivity contribution in [2.24, 2.45) is 0 Å². The number of benzene rings is 2. The number of piperidine rings is 1. The second-order valence-corrected chi connectivity index (χ2v) is 9.84. The molecule has 3 aromatic rings. The number of para-hydroxylation sites is 2. The Bertz CT molecular complexity index is 1310. The number of rotatable bonds is 5. The number of amides is 2. The number of hydrogen-bond acceptors (Lipinski definition) is 4. The van der Waals surface area contributed by atoms with E-state index >= 15 is 0 Å². The summed E-state index contributed by atoms with van der Waals surface area (Å²) < 4.78 is 5.46. The number of nitrogens with zero attached hydrogens (tertiary/aromatic N) is 3. The van der Waals surface area contributed by atoms with Gasteiger partial charge in [-0.05, 0) is 43.6 Å². The Labute approximate surface area is 211 Å². The molecule has 6 rings (SSSR count). The van der Waals surface area contributed by atoms with Crippen LogP contribution in [0.3, 0.4) is 0 Å². The van der Waals surface area contributed by atoms with E-state index in [2.05, 4.69) is 16.0 Å². The van der Waals surface area contributed by atoms with Crippen LogP contribution in [0.4, 0.5) is 5.69 Å². The lowest BCUT2D eigenvalue weighted by atomic mass is 9.92. The molecule has 36 heavy (non-hydrogen) atoms. The number of likely N-dealkylation sites (tertiary alicyclic amines) is 1. The summed E-state index contributed by atoms with van der Waals surface area (Å²) in [4.78, 5) is 37.1. The van der Waals surface area contributed by atoms with Gasteiger partial charge in [0.1, 0.15) is 0 Å². The van der Waals surface area contributed by atoms with Gasteiger partial charge in [0.25, 0.3) is 5.91 Å². The molecule has 186 valence electrons. The first kappa shape index (κ1) is 23.0. The van der Waals surface area contributed by atoms with Crippen molar-refractivity contribution in [3.8, 4) is 0 Å². The van der Waals surface area contributed by atoms with E-state index in [1.807, 2.05) is 58.5 Å². The van der Waals surface area contributed by atoms with Crippen molar-refractivity contribution in [3.63, 3.8) is 0 Å². The monoisotopic (exact) mass is 484 g/mol. The van der Waals surface area contributed by atoms with Gasteiger partial charge in [-0.25, -0.2) is 0 Å².